The zero-order chi connectivity index (χ0) is 13.8. The highest BCUT2D eigenvalue weighted by Gasteiger charge is 2.28. The third-order valence-corrected chi connectivity index (χ3v) is 2.61. The Labute approximate surface area is 104 Å². The highest BCUT2D eigenvalue weighted by molar-refractivity contribution is 5.79. The largest absolute Gasteiger partial charge is 0.459 e. The molecule has 0 aliphatic rings. The lowest BCUT2D eigenvalue weighted by Crippen LogP contribution is -2.35. The fraction of sp³-hybridized carbons (Fsp3) is 0.846. The molecule has 0 bridgehead atoms. The summed E-state index contributed by atoms with van der Waals surface area (Å²) < 4.78 is 10.2. The van der Waals surface area contributed by atoms with Crippen molar-refractivity contribution in [3.8, 4) is 0 Å². The molecule has 17 heavy (non-hydrogen) atoms. The molecule has 0 aromatic rings. The molecule has 0 aromatic carbocycles. The van der Waals surface area contributed by atoms with Crippen LogP contribution in [0.25, 0.3) is 0 Å². The summed E-state index contributed by atoms with van der Waals surface area (Å²) in [6.07, 6.45) is -1.08. The van der Waals surface area contributed by atoms with Crippen LogP contribution in [0.4, 0.5) is 0 Å². The zero-order valence-electron chi connectivity index (χ0n) is 11.9. The lowest BCUT2D eigenvalue weighted by molar-refractivity contribution is -0.174. The van der Waals surface area contributed by atoms with Crippen molar-refractivity contribution in [2.45, 2.75) is 60.7 Å². The molecule has 0 rings (SSSR count). The van der Waals surface area contributed by atoms with Crippen LogP contribution in [-0.4, -0.2) is 24.1 Å². The van der Waals surface area contributed by atoms with Gasteiger partial charge in [0.1, 0.15) is 6.10 Å². The van der Waals surface area contributed by atoms with Crippen molar-refractivity contribution in [2.24, 2.45) is 11.3 Å². The van der Waals surface area contributed by atoms with Gasteiger partial charge in [-0.25, -0.2) is 4.79 Å². The first-order valence-corrected chi connectivity index (χ1v) is 5.96. The second-order valence-corrected chi connectivity index (χ2v) is 5.68. The number of carbonyl (C=O) groups excluding carboxylic acids is 2. The van der Waals surface area contributed by atoms with Gasteiger partial charge in [-0.3, -0.25) is 4.79 Å². The van der Waals surface area contributed by atoms with Crippen molar-refractivity contribution in [1.82, 2.24) is 0 Å². The van der Waals surface area contributed by atoms with Gasteiger partial charge in [-0.05, 0) is 19.3 Å². The van der Waals surface area contributed by atoms with Gasteiger partial charge in [0.05, 0.1) is 5.92 Å². The fourth-order valence-corrected chi connectivity index (χ4v) is 0.805. The minimum atomic E-state index is -0.852. The van der Waals surface area contributed by atoms with E-state index in [4.69, 9.17) is 9.47 Å². The summed E-state index contributed by atoms with van der Waals surface area (Å²) in [5.41, 5.74) is -0.128. The minimum Gasteiger partial charge on any atom is -0.459 e. The number of rotatable bonds is 4. The number of hydrogen-bond donors (Lipinski definition) is 0. The molecule has 0 saturated heterocycles. The van der Waals surface area contributed by atoms with Crippen molar-refractivity contribution < 1.29 is 19.1 Å². The van der Waals surface area contributed by atoms with E-state index >= 15 is 0 Å². The summed E-state index contributed by atoms with van der Waals surface area (Å²) in [7, 11) is 0. The average molecular weight is 244 g/mol. The van der Waals surface area contributed by atoms with Gasteiger partial charge >= 0.3 is 11.9 Å². The van der Waals surface area contributed by atoms with Crippen LogP contribution in [0.1, 0.15) is 48.5 Å². The topological polar surface area (TPSA) is 52.6 Å². The molecule has 0 aromatic heterocycles. The number of ether oxygens (including phenoxy) is 2. The first-order valence-electron chi connectivity index (χ1n) is 5.96. The lowest BCUT2D eigenvalue weighted by atomic mass is 9.90. The molecule has 0 radical (unpaired) electrons. The number of esters is 2. The third kappa shape index (κ3) is 5.71. The first-order chi connectivity index (χ1) is 7.55. The van der Waals surface area contributed by atoms with Crippen LogP contribution in [0.2, 0.25) is 0 Å². The van der Waals surface area contributed by atoms with Gasteiger partial charge in [0.25, 0.3) is 0 Å². The molecule has 4 heteroatoms. The van der Waals surface area contributed by atoms with E-state index in [0.29, 0.717) is 0 Å². The molecule has 0 spiro atoms. The average Bonchev–Trinajstić information content (AvgIpc) is 2.15. The van der Waals surface area contributed by atoms with Crippen molar-refractivity contribution >= 4 is 11.9 Å². The summed E-state index contributed by atoms with van der Waals surface area (Å²) >= 11 is 0. The Morgan fingerprint density at radius 3 is 1.71 bits per heavy atom. The van der Waals surface area contributed by atoms with Crippen LogP contribution >= 0.6 is 0 Å². The van der Waals surface area contributed by atoms with Crippen LogP contribution < -0.4 is 0 Å². The Morgan fingerprint density at radius 2 is 1.35 bits per heavy atom. The van der Waals surface area contributed by atoms with Crippen molar-refractivity contribution in [3.63, 3.8) is 0 Å². The molecule has 0 fully saturated rings. The van der Waals surface area contributed by atoms with E-state index < -0.39 is 18.0 Å². The van der Waals surface area contributed by atoms with Crippen molar-refractivity contribution in [3.05, 3.63) is 0 Å². The van der Waals surface area contributed by atoms with Crippen molar-refractivity contribution in [2.75, 3.05) is 0 Å². The van der Waals surface area contributed by atoms with E-state index in [-0.39, 0.29) is 17.4 Å². The molecule has 0 saturated carbocycles. The maximum Gasteiger partial charge on any atom is 0.347 e. The highest BCUT2D eigenvalue weighted by Crippen LogP contribution is 2.22. The van der Waals surface area contributed by atoms with E-state index in [1.165, 1.54) is 6.92 Å². The molecule has 0 N–H and O–H groups in total. The minimum absolute atomic E-state index is 0.128. The second kappa shape index (κ2) is 6.03. The molecule has 0 aliphatic carbocycles. The summed E-state index contributed by atoms with van der Waals surface area (Å²) in [5, 5.41) is 0. The Bertz CT molecular complexity index is 276. The molecule has 0 aliphatic heterocycles. The summed E-state index contributed by atoms with van der Waals surface area (Å²) in [4.78, 5) is 23.0. The molecule has 2 unspecified atom stereocenters. The highest BCUT2D eigenvalue weighted by atomic mass is 16.6. The number of hydrogen-bond acceptors (Lipinski definition) is 4. The maximum atomic E-state index is 11.7. The first kappa shape index (κ1) is 15.9. The predicted octanol–water partition coefficient (Wildman–Crippen LogP) is 2.55. The normalized spacial score (nSPS) is 15.3. The predicted molar refractivity (Wildman–Crippen MR) is 65.4 cm³/mol. The molecule has 0 heterocycles. The summed E-state index contributed by atoms with van der Waals surface area (Å²) in [6.45, 7) is 12.7. The molecular weight excluding hydrogens is 220 g/mol. The second-order valence-electron chi connectivity index (χ2n) is 5.68. The van der Waals surface area contributed by atoms with Gasteiger partial charge in [-0.15, -0.1) is 0 Å². The van der Waals surface area contributed by atoms with Crippen LogP contribution in [0.3, 0.4) is 0 Å². The molecule has 2 atom stereocenters. The maximum absolute atomic E-state index is 11.7. The standard InChI is InChI=1S/C13H24O4/c1-8(2)11(14)16-9(3)12(15)17-10(4)13(5,6)7/h8-10H,1-7H3. The van der Waals surface area contributed by atoms with Crippen LogP contribution in [-0.2, 0) is 19.1 Å². The van der Waals surface area contributed by atoms with Gasteiger partial charge < -0.3 is 9.47 Å². The molecule has 0 amide bonds. The van der Waals surface area contributed by atoms with Crippen molar-refractivity contribution in [1.29, 1.82) is 0 Å². The Hall–Kier alpha value is -1.06. The monoisotopic (exact) mass is 244 g/mol. The van der Waals surface area contributed by atoms with E-state index in [1.807, 2.05) is 27.7 Å². The number of carbonyl (C=O) groups is 2. The molecular formula is C13H24O4. The SMILES string of the molecule is CC(C)C(=O)OC(C)C(=O)OC(C)C(C)(C)C. The quantitative estimate of drug-likeness (QED) is 0.713. The Balaban J connectivity index is 4.29. The third-order valence-electron chi connectivity index (χ3n) is 2.61. The Morgan fingerprint density at radius 1 is 0.882 bits per heavy atom. The Kier molecular flexibility index (Phi) is 5.66. The van der Waals surface area contributed by atoms with Gasteiger partial charge in [-0.1, -0.05) is 34.6 Å². The zero-order valence-corrected chi connectivity index (χ0v) is 11.9. The van der Waals surface area contributed by atoms with Crippen LogP contribution in [0.15, 0.2) is 0 Å². The van der Waals surface area contributed by atoms with E-state index in [9.17, 15) is 9.59 Å². The van der Waals surface area contributed by atoms with E-state index in [0.717, 1.165) is 0 Å². The summed E-state index contributed by atoms with van der Waals surface area (Å²) in [5.74, 6) is -1.13. The van der Waals surface area contributed by atoms with E-state index in [1.54, 1.807) is 13.8 Å². The van der Waals surface area contributed by atoms with Gasteiger partial charge in [-0.2, -0.15) is 0 Å². The molecule has 100 valence electrons. The molecule has 4 nitrogen and oxygen atoms in total. The van der Waals surface area contributed by atoms with Crippen LogP contribution in [0.5, 0.6) is 0 Å². The van der Waals surface area contributed by atoms with E-state index in [2.05, 4.69) is 0 Å². The van der Waals surface area contributed by atoms with Crippen LogP contribution in [0, 0.1) is 11.3 Å². The smallest absolute Gasteiger partial charge is 0.347 e. The summed E-state index contributed by atoms with van der Waals surface area (Å²) in [6, 6.07) is 0. The van der Waals surface area contributed by atoms with Gasteiger partial charge in [0, 0.05) is 0 Å². The lowest BCUT2D eigenvalue weighted by Gasteiger charge is -2.28. The van der Waals surface area contributed by atoms with Gasteiger partial charge in [0.2, 0.25) is 0 Å². The van der Waals surface area contributed by atoms with Gasteiger partial charge in [0.15, 0.2) is 6.10 Å². The fourth-order valence-electron chi connectivity index (χ4n) is 0.805.